The average Bonchev–Trinajstić information content (AvgIpc) is 2.82. The lowest BCUT2D eigenvalue weighted by Crippen LogP contribution is -1.98. The zero-order valence-electron chi connectivity index (χ0n) is 11.7. The van der Waals surface area contributed by atoms with Crippen LogP contribution >= 0.6 is 22.9 Å². The van der Waals surface area contributed by atoms with Crippen molar-refractivity contribution in [3.63, 3.8) is 0 Å². The highest BCUT2D eigenvalue weighted by Crippen LogP contribution is 2.29. The molecule has 2 rings (SSSR count). The van der Waals surface area contributed by atoms with Gasteiger partial charge in [-0.15, -0.1) is 11.3 Å². The number of hydrogen-bond acceptors (Lipinski definition) is 3. The Morgan fingerprint density at radius 1 is 1.38 bits per heavy atom. The maximum Gasteiger partial charge on any atom is 0.328 e. The van der Waals surface area contributed by atoms with E-state index in [2.05, 4.69) is 0 Å². The number of carboxylic acid groups (broad SMARTS) is 1. The standard InChI is InChI=1S/C16H15ClO3S/c1-10-7-13(17)8-11(2)16(10)20-9-14-12(5-6-21-14)3-4-15(18)19/h3-8H,9H2,1-2H3,(H,18,19). The third-order valence-corrected chi connectivity index (χ3v) is 4.09. The summed E-state index contributed by atoms with van der Waals surface area (Å²) in [5, 5.41) is 11.3. The molecule has 0 radical (unpaired) electrons. The topological polar surface area (TPSA) is 46.5 Å². The van der Waals surface area contributed by atoms with Gasteiger partial charge in [-0.25, -0.2) is 4.79 Å². The van der Waals surface area contributed by atoms with Gasteiger partial charge in [0, 0.05) is 16.0 Å². The Kier molecular flexibility index (Phi) is 5.04. The lowest BCUT2D eigenvalue weighted by Gasteiger charge is -2.12. The monoisotopic (exact) mass is 322 g/mol. The predicted octanol–water partition coefficient (Wildman–Crippen LogP) is 4.70. The van der Waals surface area contributed by atoms with Crippen LogP contribution in [0.5, 0.6) is 5.75 Å². The number of halogens is 1. The smallest absolute Gasteiger partial charge is 0.328 e. The zero-order chi connectivity index (χ0) is 15.4. The molecule has 0 unspecified atom stereocenters. The van der Waals surface area contributed by atoms with Crippen LogP contribution in [0, 0.1) is 13.8 Å². The van der Waals surface area contributed by atoms with Gasteiger partial charge >= 0.3 is 5.97 Å². The molecule has 1 aromatic heterocycles. The predicted molar refractivity (Wildman–Crippen MR) is 86.2 cm³/mol. The molecule has 1 aromatic carbocycles. The molecule has 21 heavy (non-hydrogen) atoms. The summed E-state index contributed by atoms with van der Waals surface area (Å²) in [4.78, 5) is 11.6. The minimum atomic E-state index is -0.961. The molecule has 3 nitrogen and oxygen atoms in total. The molecule has 0 spiro atoms. The largest absolute Gasteiger partial charge is 0.487 e. The summed E-state index contributed by atoms with van der Waals surface area (Å²) < 4.78 is 5.88. The molecule has 0 saturated heterocycles. The number of rotatable bonds is 5. The highest BCUT2D eigenvalue weighted by Gasteiger charge is 2.08. The number of carbonyl (C=O) groups is 1. The molecule has 0 saturated carbocycles. The summed E-state index contributed by atoms with van der Waals surface area (Å²) in [6.45, 7) is 4.31. The molecule has 0 bridgehead atoms. The molecule has 1 N–H and O–H groups in total. The van der Waals surface area contributed by atoms with Crippen LogP contribution in [-0.4, -0.2) is 11.1 Å². The molecular weight excluding hydrogens is 308 g/mol. The first-order valence-electron chi connectivity index (χ1n) is 6.34. The normalized spacial score (nSPS) is 11.0. The van der Waals surface area contributed by atoms with Gasteiger partial charge in [-0.05, 0) is 60.2 Å². The van der Waals surface area contributed by atoms with E-state index in [9.17, 15) is 4.79 Å². The number of aryl methyl sites for hydroxylation is 2. The number of aliphatic carboxylic acids is 1. The Bertz CT molecular complexity index is 666. The summed E-state index contributed by atoms with van der Waals surface area (Å²) in [5.41, 5.74) is 2.84. The molecule has 2 aromatic rings. The number of ether oxygens (including phenoxy) is 1. The van der Waals surface area contributed by atoms with E-state index >= 15 is 0 Å². The molecule has 5 heteroatoms. The molecule has 0 aliphatic heterocycles. The van der Waals surface area contributed by atoms with Gasteiger partial charge in [-0.1, -0.05) is 11.6 Å². The summed E-state index contributed by atoms with van der Waals surface area (Å²) in [6, 6.07) is 5.61. The van der Waals surface area contributed by atoms with Crippen LogP contribution in [-0.2, 0) is 11.4 Å². The Morgan fingerprint density at radius 3 is 2.67 bits per heavy atom. The second-order valence-electron chi connectivity index (χ2n) is 4.63. The molecular formula is C16H15ClO3S. The number of hydrogen-bond donors (Lipinski definition) is 1. The molecule has 0 atom stereocenters. The minimum absolute atomic E-state index is 0.403. The number of carboxylic acids is 1. The second kappa shape index (κ2) is 6.78. The third kappa shape index (κ3) is 4.09. The van der Waals surface area contributed by atoms with Gasteiger partial charge in [-0.3, -0.25) is 0 Å². The van der Waals surface area contributed by atoms with E-state index in [1.807, 2.05) is 37.4 Å². The maximum absolute atomic E-state index is 10.6. The van der Waals surface area contributed by atoms with E-state index < -0.39 is 5.97 Å². The number of benzene rings is 1. The fraction of sp³-hybridized carbons (Fsp3) is 0.188. The van der Waals surface area contributed by atoms with Gasteiger partial charge in [0.15, 0.2) is 0 Å². The van der Waals surface area contributed by atoms with Gasteiger partial charge in [-0.2, -0.15) is 0 Å². The minimum Gasteiger partial charge on any atom is -0.487 e. The molecule has 0 aliphatic carbocycles. The first-order chi connectivity index (χ1) is 9.97. The van der Waals surface area contributed by atoms with Gasteiger partial charge in [0.05, 0.1) is 0 Å². The number of thiophene rings is 1. The van der Waals surface area contributed by atoms with E-state index in [4.69, 9.17) is 21.4 Å². The van der Waals surface area contributed by atoms with Crippen molar-refractivity contribution >= 4 is 35.0 Å². The second-order valence-corrected chi connectivity index (χ2v) is 6.07. The first kappa shape index (κ1) is 15.6. The fourth-order valence-corrected chi connectivity index (χ4v) is 3.15. The van der Waals surface area contributed by atoms with E-state index in [0.29, 0.717) is 11.6 Å². The SMILES string of the molecule is Cc1cc(Cl)cc(C)c1OCc1sccc1C=CC(=O)O. The average molecular weight is 323 g/mol. The molecule has 0 aliphatic rings. The Hall–Kier alpha value is -1.78. The van der Waals surface area contributed by atoms with E-state index in [0.717, 1.165) is 33.4 Å². The quantitative estimate of drug-likeness (QED) is 0.812. The van der Waals surface area contributed by atoms with Gasteiger partial charge in [0.25, 0.3) is 0 Å². The lowest BCUT2D eigenvalue weighted by molar-refractivity contribution is -0.131. The van der Waals surface area contributed by atoms with E-state index in [-0.39, 0.29) is 0 Å². The van der Waals surface area contributed by atoms with Crippen LogP contribution in [0.2, 0.25) is 5.02 Å². The Morgan fingerprint density at radius 2 is 2.05 bits per heavy atom. The van der Waals surface area contributed by atoms with Gasteiger partial charge in [0.2, 0.25) is 0 Å². The molecule has 0 amide bonds. The highest BCUT2D eigenvalue weighted by atomic mass is 35.5. The summed E-state index contributed by atoms with van der Waals surface area (Å²) in [5.74, 6) is -0.140. The van der Waals surface area contributed by atoms with Gasteiger partial charge in [0.1, 0.15) is 12.4 Å². The fourth-order valence-electron chi connectivity index (χ4n) is 2.04. The lowest BCUT2D eigenvalue weighted by atomic mass is 10.1. The van der Waals surface area contributed by atoms with E-state index in [1.165, 1.54) is 0 Å². The van der Waals surface area contributed by atoms with Crippen molar-refractivity contribution in [2.24, 2.45) is 0 Å². The maximum atomic E-state index is 10.6. The van der Waals surface area contributed by atoms with Crippen molar-refractivity contribution in [3.8, 4) is 5.75 Å². The Labute approximate surface area is 132 Å². The first-order valence-corrected chi connectivity index (χ1v) is 7.60. The molecule has 0 fully saturated rings. The van der Waals surface area contributed by atoms with Gasteiger partial charge < -0.3 is 9.84 Å². The van der Waals surface area contributed by atoms with Crippen molar-refractivity contribution < 1.29 is 14.6 Å². The van der Waals surface area contributed by atoms with Crippen molar-refractivity contribution in [1.29, 1.82) is 0 Å². The van der Waals surface area contributed by atoms with Crippen LogP contribution in [0.3, 0.4) is 0 Å². The summed E-state index contributed by atoms with van der Waals surface area (Å²) in [6.07, 6.45) is 2.71. The summed E-state index contributed by atoms with van der Waals surface area (Å²) >= 11 is 7.54. The zero-order valence-corrected chi connectivity index (χ0v) is 13.3. The van der Waals surface area contributed by atoms with Crippen LogP contribution < -0.4 is 4.74 Å². The van der Waals surface area contributed by atoms with Crippen molar-refractivity contribution in [3.05, 3.63) is 56.2 Å². The van der Waals surface area contributed by atoms with Crippen molar-refractivity contribution in [1.82, 2.24) is 0 Å². The third-order valence-electron chi connectivity index (χ3n) is 2.96. The van der Waals surface area contributed by atoms with Crippen molar-refractivity contribution in [2.75, 3.05) is 0 Å². The van der Waals surface area contributed by atoms with Crippen LogP contribution in [0.15, 0.2) is 29.7 Å². The van der Waals surface area contributed by atoms with Crippen LogP contribution in [0.4, 0.5) is 0 Å². The Balaban J connectivity index is 2.14. The highest BCUT2D eigenvalue weighted by molar-refractivity contribution is 7.10. The van der Waals surface area contributed by atoms with E-state index in [1.54, 1.807) is 17.4 Å². The van der Waals surface area contributed by atoms with Crippen LogP contribution in [0.25, 0.3) is 6.08 Å². The molecule has 1 heterocycles. The van der Waals surface area contributed by atoms with Crippen LogP contribution in [0.1, 0.15) is 21.6 Å². The molecule has 110 valence electrons. The van der Waals surface area contributed by atoms with Crippen molar-refractivity contribution in [2.45, 2.75) is 20.5 Å². The summed E-state index contributed by atoms with van der Waals surface area (Å²) in [7, 11) is 0.